The summed E-state index contributed by atoms with van der Waals surface area (Å²) in [5.41, 5.74) is 2.18. The summed E-state index contributed by atoms with van der Waals surface area (Å²) in [6.45, 7) is 1.45. The van der Waals surface area contributed by atoms with E-state index in [9.17, 15) is 19.2 Å². The fourth-order valence-corrected chi connectivity index (χ4v) is 3.90. The van der Waals surface area contributed by atoms with Crippen LogP contribution in [0.1, 0.15) is 61.6 Å². The fraction of sp³-hybridized carbons (Fsp3) is 0.200. The minimum Gasteiger partial charge on any atom is -0.497 e. The highest BCUT2D eigenvalue weighted by Crippen LogP contribution is 2.32. The number of aromatic amines is 1. The molecule has 2 aromatic carbocycles. The number of hydrogen-bond donors (Lipinski definition) is 2. The molecule has 1 atom stereocenters. The van der Waals surface area contributed by atoms with Crippen LogP contribution in [0.3, 0.4) is 0 Å². The highest BCUT2D eigenvalue weighted by Gasteiger charge is 2.29. The summed E-state index contributed by atoms with van der Waals surface area (Å²) in [4.78, 5) is 52.2. The minimum atomic E-state index is -0.616. The van der Waals surface area contributed by atoms with Gasteiger partial charge in [0.15, 0.2) is 11.6 Å². The molecule has 1 aliphatic carbocycles. The number of hydrogen-bond acceptors (Lipinski definition) is 5. The van der Waals surface area contributed by atoms with Crippen LogP contribution in [0.25, 0.3) is 0 Å². The van der Waals surface area contributed by atoms with Crippen molar-refractivity contribution in [2.24, 2.45) is 0 Å². The third kappa shape index (κ3) is 4.23. The van der Waals surface area contributed by atoms with Gasteiger partial charge in [0.05, 0.1) is 7.11 Å². The number of amides is 1. The predicted molar refractivity (Wildman–Crippen MR) is 120 cm³/mol. The van der Waals surface area contributed by atoms with Gasteiger partial charge >= 0.3 is 0 Å². The van der Waals surface area contributed by atoms with Crippen molar-refractivity contribution >= 4 is 23.2 Å². The summed E-state index contributed by atoms with van der Waals surface area (Å²) in [7, 11) is 1.59. The molecule has 7 nitrogen and oxygen atoms in total. The lowest BCUT2D eigenvalue weighted by atomic mass is 9.81. The Morgan fingerprint density at radius 1 is 1.00 bits per heavy atom. The van der Waals surface area contributed by atoms with Gasteiger partial charge in [-0.15, -0.1) is 0 Å². The van der Waals surface area contributed by atoms with Gasteiger partial charge in [-0.2, -0.15) is 0 Å². The zero-order chi connectivity index (χ0) is 22.8. The van der Waals surface area contributed by atoms with Crippen molar-refractivity contribution in [3.8, 4) is 5.75 Å². The van der Waals surface area contributed by atoms with Gasteiger partial charge < -0.3 is 15.0 Å². The second-order valence-electron chi connectivity index (χ2n) is 7.79. The van der Waals surface area contributed by atoms with Crippen LogP contribution in [0.4, 0.5) is 5.69 Å². The van der Waals surface area contributed by atoms with Gasteiger partial charge in [-0.3, -0.25) is 19.2 Å². The van der Waals surface area contributed by atoms with Crippen molar-refractivity contribution in [1.29, 1.82) is 0 Å². The second-order valence-corrected chi connectivity index (χ2v) is 7.79. The molecule has 0 radical (unpaired) electrons. The van der Waals surface area contributed by atoms with E-state index in [-0.39, 0.29) is 23.0 Å². The summed E-state index contributed by atoms with van der Waals surface area (Å²) in [6.07, 6.45) is 0.788. The molecule has 162 valence electrons. The Labute approximate surface area is 184 Å². The SMILES string of the molecule is COc1ccc([C@@H]2CC(=O)c3cc(C(=O)Nc4ccc(C(C)=O)cc4)c(=O)[nH]c3C2)cc1. The number of pyridine rings is 1. The van der Waals surface area contributed by atoms with Crippen LogP contribution in [-0.4, -0.2) is 29.6 Å². The lowest BCUT2D eigenvalue weighted by Gasteiger charge is -2.24. The van der Waals surface area contributed by atoms with Gasteiger partial charge in [0.25, 0.3) is 11.5 Å². The van der Waals surface area contributed by atoms with Crippen molar-refractivity contribution in [2.45, 2.75) is 25.7 Å². The van der Waals surface area contributed by atoms with Crippen molar-refractivity contribution in [3.63, 3.8) is 0 Å². The quantitative estimate of drug-likeness (QED) is 0.600. The first-order valence-corrected chi connectivity index (χ1v) is 10.2. The topological polar surface area (TPSA) is 105 Å². The van der Waals surface area contributed by atoms with Crippen LogP contribution in [0.2, 0.25) is 0 Å². The van der Waals surface area contributed by atoms with Crippen molar-refractivity contribution in [1.82, 2.24) is 4.98 Å². The predicted octanol–water partition coefficient (Wildman–Crippen LogP) is 3.75. The molecule has 32 heavy (non-hydrogen) atoms. The van der Waals surface area contributed by atoms with Gasteiger partial charge in [-0.1, -0.05) is 12.1 Å². The molecule has 7 heteroatoms. The average Bonchev–Trinajstić information content (AvgIpc) is 2.79. The molecular formula is C25H22N2O5. The number of H-pyrrole nitrogens is 1. The Balaban J connectivity index is 1.56. The summed E-state index contributed by atoms with van der Waals surface area (Å²) >= 11 is 0. The molecule has 1 heterocycles. The standard InChI is InChI=1S/C25H22N2O5/c1-14(28)15-3-7-18(8-4-15)26-24(30)21-13-20-22(27-25(21)31)11-17(12-23(20)29)16-5-9-19(32-2)10-6-16/h3-10,13,17H,11-12H2,1-2H3,(H,26,30)(H,27,31)/t17-/m0/s1. The maximum absolute atomic E-state index is 12.8. The zero-order valence-electron chi connectivity index (χ0n) is 17.7. The van der Waals surface area contributed by atoms with Gasteiger partial charge in [0, 0.05) is 28.9 Å². The number of nitrogens with one attached hydrogen (secondary N) is 2. The van der Waals surface area contributed by atoms with E-state index < -0.39 is 11.5 Å². The van der Waals surface area contributed by atoms with Crippen molar-refractivity contribution < 1.29 is 19.1 Å². The van der Waals surface area contributed by atoms with Crippen LogP contribution in [-0.2, 0) is 6.42 Å². The third-order valence-corrected chi connectivity index (χ3v) is 5.69. The van der Waals surface area contributed by atoms with Crippen LogP contribution in [0.15, 0.2) is 59.4 Å². The lowest BCUT2D eigenvalue weighted by molar-refractivity contribution is 0.0961. The van der Waals surface area contributed by atoms with E-state index in [1.807, 2.05) is 24.3 Å². The molecule has 3 aromatic rings. The van der Waals surface area contributed by atoms with Gasteiger partial charge in [0.2, 0.25) is 0 Å². The van der Waals surface area contributed by atoms with Crippen LogP contribution >= 0.6 is 0 Å². The Morgan fingerprint density at radius 2 is 1.69 bits per heavy atom. The van der Waals surface area contributed by atoms with E-state index in [1.165, 1.54) is 13.0 Å². The van der Waals surface area contributed by atoms with Crippen LogP contribution in [0.5, 0.6) is 5.75 Å². The molecule has 0 saturated heterocycles. The van der Waals surface area contributed by atoms with E-state index in [1.54, 1.807) is 31.4 Å². The number of Topliss-reactive ketones (excluding diaryl/α,β-unsaturated/α-hetero) is 2. The Hall–Kier alpha value is -4.00. The Kier molecular flexibility index (Phi) is 5.73. The Bertz CT molecular complexity index is 1260. The number of carbonyl (C=O) groups excluding carboxylic acids is 3. The number of anilines is 1. The number of rotatable bonds is 5. The summed E-state index contributed by atoms with van der Waals surface area (Å²) in [5, 5.41) is 2.64. The number of benzene rings is 2. The summed E-state index contributed by atoms with van der Waals surface area (Å²) in [5.74, 6) is -0.148. The normalized spacial score (nSPS) is 15.1. The summed E-state index contributed by atoms with van der Waals surface area (Å²) < 4.78 is 5.18. The highest BCUT2D eigenvalue weighted by atomic mass is 16.5. The highest BCUT2D eigenvalue weighted by molar-refractivity contribution is 6.07. The van der Waals surface area contributed by atoms with Gasteiger partial charge in [-0.25, -0.2) is 0 Å². The second kappa shape index (κ2) is 8.63. The molecule has 0 unspecified atom stereocenters. The number of methoxy groups -OCH3 is 1. The van der Waals surface area contributed by atoms with Gasteiger partial charge in [-0.05, 0) is 67.3 Å². The maximum Gasteiger partial charge on any atom is 0.261 e. The van der Waals surface area contributed by atoms with Crippen LogP contribution < -0.4 is 15.6 Å². The summed E-state index contributed by atoms with van der Waals surface area (Å²) in [6, 6.07) is 15.3. The van der Waals surface area contributed by atoms with E-state index >= 15 is 0 Å². The first-order chi connectivity index (χ1) is 15.4. The molecule has 4 rings (SSSR count). The molecule has 1 amide bonds. The molecule has 0 saturated carbocycles. The van der Waals surface area contributed by atoms with E-state index in [2.05, 4.69) is 10.3 Å². The molecular weight excluding hydrogens is 408 g/mol. The zero-order valence-corrected chi connectivity index (χ0v) is 17.7. The number of fused-ring (bicyclic) bond motifs is 1. The van der Waals surface area contributed by atoms with Crippen molar-refractivity contribution in [2.75, 3.05) is 12.4 Å². The van der Waals surface area contributed by atoms with Crippen molar-refractivity contribution in [3.05, 3.63) is 92.9 Å². The molecule has 2 N–H and O–H groups in total. The molecule has 1 aromatic heterocycles. The molecule has 0 aliphatic heterocycles. The maximum atomic E-state index is 12.8. The third-order valence-electron chi connectivity index (χ3n) is 5.69. The number of carbonyl (C=O) groups is 3. The molecule has 1 aliphatic rings. The number of aromatic nitrogens is 1. The average molecular weight is 430 g/mol. The molecule has 0 bridgehead atoms. The smallest absolute Gasteiger partial charge is 0.261 e. The van der Waals surface area contributed by atoms with Crippen LogP contribution in [0, 0.1) is 0 Å². The number of ether oxygens (including phenoxy) is 1. The first-order valence-electron chi connectivity index (χ1n) is 10.2. The monoisotopic (exact) mass is 430 g/mol. The fourth-order valence-electron chi connectivity index (χ4n) is 3.90. The minimum absolute atomic E-state index is 0.0592. The molecule has 0 fully saturated rings. The number of ketones is 2. The van der Waals surface area contributed by atoms with E-state index in [0.29, 0.717) is 35.3 Å². The molecule has 0 spiro atoms. The Morgan fingerprint density at radius 3 is 2.31 bits per heavy atom. The lowest BCUT2D eigenvalue weighted by Crippen LogP contribution is -2.29. The van der Waals surface area contributed by atoms with Gasteiger partial charge in [0.1, 0.15) is 11.3 Å². The largest absolute Gasteiger partial charge is 0.497 e. The first kappa shape index (κ1) is 21.2. The van der Waals surface area contributed by atoms with E-state index in [0.717, 1.165) is 11.3 Å². The van der Waals surface area contributed by atoms with E-state index in [4.69, 9.17) is 4.74 Å².